The molecule has 0 atom stereocenters. The largest absolute Gasteiger partial charge is 0.332 e. The first kappa shape index (κ1) is 21.5. The third-order valence-corrected chi connectivity index (χ3v) is 4.86. The van der Waals surface area contributed by atoms with Gasteiger partial charge in [-0.15, -0.1) is 0 Å². The van der Waals surface area contributed by atoms with Crippen molar-refractivity contribution in [1.82, 2.24) is 14.7 Å². The second-order valence-electron chi connectivity index (χ2n) is 7.18. The van der Waals surface area contributed by atoms with Crippen LogP contribution >= 0.6 is 11.6 Å². The molecule has 0 aliphatic heterocycles. The quantitative estimate of drug-likeness (QED) is 0.628. The maximum absolute atomic E-state index is 13.3. The van der Waals surface area contributed by atoms with E-state index in [9.17, 15) is 14.0 Å². The molecule has 0 bridgehead atoms. The number of nitrogens with zero attached hydrogens (tertiary/aromatic N) is 3. The van der Waals surface area contributed by atoms with Crippen molar-refractivity contribution in [2.45, 2.75) is 19.8 Å². The smallest absolute Gasteiger partial charge is 0.257 e. The Bertz CT molecular complexity index is 1060. The first-order chi connectivity index (χ1) is 14.3. The molecule has 3 rings (SSSR count). The Balaban J connectivity index is 1.79. The summed E-state index contributed by atoms with van der Waals surface area (Å²) in [6.07, 6.45) is 1.48. The number of carbonyl (C=O) groups excluding carboxylic acids is 2. The fourth-order valence-corrected chi connectivity index (χ4v) is 3.29. The monoisotopic (exact) mass is 428 g/mol. The number of anilines is 1. The lowest BCUT2D eigenvalue weighted by atomic mass is 10.0. The second kappa shape index (κ2) is 9.09. The number of benzene rings is 2. The topological polar surface area (TPSA) is 67.2 Å². The highest BCUT2D eigenvalue weighted by Gasteiger charge is 2.24. The normalized spacial score (nSPS) is 10.9. The number of carbonyl (C=O) groups is 2. The molecular formula is C22H22ClFN4O2. The van der Waals surface area contributed by atoms with Crippen molar-refractivity contribution in [3.8, 4) is 5.69 Å². The second-order valence-corrected chi connectivity index (χ2v) is 7.58. The predicted molar refractivity (Wildman–Crippen MR) is 115 cm³/mol. The summed E-state index contributed by atoms with van der Waals surface area (Å²) in [7, 11) is 1.55. The summed E-state index contributed by atoms with van der Waals surface area (Å²) in [5, 5.41) is 7.45. The van der Waals surface area contributed by atoms with Crippen LogP contribution in [0.5, 0.6) is 0 Å². The summed E-state index contributed by atoms with van der Waals surface area (Å²) in [5.41, 5.74) is 2.21. The van der Waals surface area contributed by atoms with E-state index >= 15 is 0 Å². The molecule has 0 aliphatic carbocycles. The van der Waals surface area contributed by atoms with Gasteiger partial charge in [-0.1, -0.05) is 37.6 Å². The molecule has 1 N–H and O–H groups in total. The third-order valence-electron chi connectivity index (χ3n) is 4.53. The maximum Gasteiger partial charge on any atom is 0.257 e. The number of hydrogen-bond donors (Lipinski definition) is 1. The van der Waals surface area contributed by atoms with Crippen molar-refractivity contribution < 1.29 is 14.0 Å². The highest BCUT2D eigenvalue weighted by Crippen LogP contribution is 2.24. The molecule has 0 unspecified atom stereocenters. The Morgan fingerprint density at radius 2 is 1.83 bits per heavy atom. The van der Waals surface area contributed by atoms with Crippen LogP contribution in [0.2, 0.25) is 5.02 Å². The number of amides is 2. The fourth-order valence-electron chi connectivity index (χ4n) is 3.11. The number of halogens is 2. The molecule has 1 heterocycles. The molecule has 0 radical (unpaired) electrons. The Hall–Kier alpha value is -3.19. The van der Waals surface area contributed by atoms with Gasteiger partial charge in [-0.3, -0.25) is 9.59 Å². The Labute approximate surface area is 179 Å². The van der Waals surface area contributed by atoms with Crippen LogP contribution in [-0.2, 0) is 4.79 Å². The average molecular weight is 429 g/mol. The minimum absolute atomic E-state index is 0.0261. The summed E-state index contributed by atoms with van der Waals surface area (Å²) in [5.74, 6) is -1.07. The molecule has 30 heavy (non-hydrogen) atoms. The Morgan fingerprint density at radius 1 is 1.17 bits per heavy atom. The summed E-state index contributed by atoms with van der Waals surface area (Å²) < 4.78 is 14.9. The van der Waals surface area contributed by atoms with Gasteiger partial charge in [0, 0.05) is 7.05 Å². The van der Waals surface area contributed by atoms with E-state index in [0.29, 0.717) is 27.7 Å². The number of aromatic nitrogens is 2. The molecule has 0 saturated carbocycles. The van der Waals surface area contributed by atoms with Gasteiger partial charge in [0.1, 0.15) is 5.82 Å². The molecule has 1 aromatic heterocycles. The molecule has 2 aromatic carbocycles. The van der Waals surface area contributed by atoms with Crippen LogP contribution in [0, 0.1) is 5.82 Å². The molecule has 0 fully saturated rings. The summed E-state index contributed by atoms with van der Waals surface area (Å²) >= 11 is 6.06. The van der Waals surface area contributed by atoms with Crippen LogP contribution in [0.15, 0.2) is 54.7 Å². The first-order valence-electron chi connectivity index (χ1n) is 9.41. The zero-order valence-electron chi connectivity index (χ0n) is 16.9. The maximum atomic E-state index is 13.3. The van der Waals surface area contributed by atoms with Crippen molar-refractivity contribution in [2.75, 3.05) is 18.9 Å². The zero-order chi connectivity index (χ0) is 21.8. The van der Waals surface area contributed by atoms with Gasteiger partial charge in [0.05, 0.1) is 40.4 Å². The first-order valence-corrected chi connectivity index (χ1v) is 9.79. The van der Waals surface area contributed by atoms with Crippen molar-refractivity contribution >= 4 is 29.1 Å². The van der Waals surface area contributed by atoms with Crippen molar-refractivity contribution in [3.05, 3.63) is 76.8 Å². The lowest BCUT2D eigenvalue weighted by Crippen LogP contribution is -2.35. The van der Waals surface area contributed by atoms with Gasteiger partial charge in [0.25, 0.3) is 5.91 Å². The van der Waals surface area contributed by atoms with Crippen molar-refractivity contribution in [3.63, 3.8) is 0 Å². The van der Waals surface area contributed by atoms with E-state index in [1.54, 1.807) is 48.1 Å². The van der Waals surface area contributed by atoms with Gasteiger partial charge < -0.3 is 10.2 Å². The van der Waals surface area contributed by atoms with Gasteiger partial charge in [-0.05, 0) is 42.3 Å². The average Bonchev–Trinajstić information content (AvgIpc) is 3.15. The Kier molecular flexibility index (Phi) is 6.52. The van der Waals surface area contributed by atoms with Crippen LogP contribution in [0.4, 0.5) is 10.1 Å². The summed E-state index contributed by atoms with van der Waals surface area (Å²) in [6.45, 7) is 3.74. The minimum atomic E-state index is -0.365. The van der Waals surface area contributed by atoms with Crippen LogP contribution in [-0.4, -0.2) is 40.1 Å². The predicted octanol–water partition coefficient (Wildman–Crippen LogP) is 4.50. The molecule has 0 spiro atoms. The van der Waals surface area contributed by atoms with Crippen molar-refractivity contribution in [2.24, 2.45) is 0 Å². The molecule has 156 valence electrons. The van der Waals surface area contributed by atoms with Gasteiger partial charge in [0.15, 0.2) is 0 Å². The number of para-hydroxylation sites is 1. The summed E-state index contributed by atoms with van der Waals surface area (Å²) in [4.78, 5) is 26.7. The van der Waals surface area contributed by atoms with E-state index in [-0.39, 0.29) is 30.1 Å². The van der Waals surface area contributed by atoms with Crippen LogP contribution < -0.4 is 5.32 Å². The number of rotatable bonds is 6. The van der Waals surface area contributed by atoms with E-state index < -0.39 is 0 Å². The SMILES string of the molecule is CC(C)c1c(C(=O)N(C)CC(=O)Nc2ccccc2Cl)cnn1-c1ccc(F)cc1. The van der Waals surface area contributed by atoms with Crippen LogP contribution in [0.1, 0.15) is 35.8 Å². The van der Waals surface area contributed by atoms with E-state index in [1.165, 1.54) is 23.2 Å². The van der Waals surface area contributed by atoms with Gasteiger partial charge in [-0.25, -0.2) is 9.07 Å². The number of likely N-dealkylation sites (N-methyl/N-ethyl adjacent to an activating group) is 1. The molecule has 0 aliphatic rings. The molecule has 3 aromatic rings. The van der Waals surface area contributed by atoms with Gasteiger partial charge in [-0.2, -0.15) is 5.10 Å². The number of nitrogens with one attached hydrogen (secondary N) is 1. The third kappa shape index (κ3) is 4.68. The van der Waals surface area contributed by atoms with E-state index in [0.717, 1.165) is 0 Å². The van der Waals surface area contributed by atoms with Crippen LogP contribution in [0.25, 0.3) is 5.69 Å². The standard InChI is InChI=1S/C22H22ClFN4O2/c1-14(2)21-17(12-25-28(21)16-10-8-15(24)9-11-16)22(30)27(3)13-20(29)26-19-7-5-4-6-18(19)23/h4-12,14H,13H2,1-3H3,(H,26,29). The highest BCUT2D eigenvalue weighted by atomic mass is 35.5. The van der Waals surface area contributed by atoms with Gasteiger partial charge in [0.2, 0.25) is 5.91 Å². The summed E-state index contributed by atoms with van der Waals surface area (Å²) in [6, 6.07) is 12.8. The molecular weight excluding hydrogens is 407 g/mol. The lowest BCUT2D eigenvalue weighted by molar-refractivity contribution is -0.116. The van der Waals surface area contributed by atoms with Crippen LogP contribution in [0.3, 0.4) is 0 Å². The lowest BCUT2D eigenvalue weighted by Gasteiger charge is -2.19. The molecule has 2 amide bonds. The molecule has 6 nitrogen and oxygen atoms in total. The number of hydrogen-bond acceptors (Lipinski definition) is 3. The Morgan fingerprint density at radius 3 is 2.47 bits per heavy atom. The fraction of sp³-hybridized carbons (Fsp3) is 0.227. The zero-order valence-corrected chi connectivity index (χ0v) is 17.7. The van der Waals surface area contributed by atoms with Crippen molar-refractivity contribution in [1.29, 1.82) is 0 Å². The van der Waals surface area contributed by atoms with E-state index in [1.807, 2.05) is 13.8 Å². The minimum Gasteiger partial charge on any atom is -0.332 e. The van der Waals surface area contributed by atoms with Gasteiger partial charge >= 0.3 is 0 Å². The van der Waals surface area contributed by atoms with E-state index in [2.05, 4.69) is 10.4 Å². The molecule has 0 saturated heterocycles. The highest BCUT2D eigenvalue weighted by molar-refractivity contribution is 6.33. The van der Waals surface area contributed by atoms with E-state index in [4.69, 9.17) is 11.6 Å². The molecule has 8 heteroatoms.